The molecule has 1 atom stereocenters. The van der Waals surface area contributed by atoms with Crippen LogP contribution in [0.3, 0.4) is 0 Å². The molecule has 2 aromatic rings. The van der Waals surface area contributed by atoms with Gasteiger partial charge in [-0.25, -0.2) is 9.59 Å². The number of benzene rings is 2. The van der Waals surface area contributed by atoms with Gasteiger partial charge in [0.2, 0.25) is 0 Å². The summed E-state index contributed by atoms with van der Waals surface area (Å²) < 4.78 is 11.4. The van der Waals surface area contributed by atoms with E-state index >= 15 is 0 Å². The van der Waals surface area contributed by atoms with Crippen molar-refractivity contribution in [1.29, 1.82) is 0 Å². The minimum absolute atomic E-state index is 0.332. The minimum Gasteiger partial charge on any atom is -0.487 e. The number of hydrogen-bond donors (Lipinski definition) is 3. The molecule has 3 rings (SSSR count). The molecule has 1 heterocycles. The molecular weight excluding hydrogens is 418 g/mol. The van der Waals surface area contributed by atoms with Crippen molar-refractivity contribution in [3.63, 3.8) is 0 Å². The average molecular weight is 446 g/mol. The summed E-state index contributed by atoms with van der Waals surface area (Å²) in [6, 6.07) is 11.6. The summed E-state index contributed by atoms with van der Waals surface area (Å²) in [5.74, 6) is 0.647. The Morgan fingerprint density at radius 3 is 2.52 bits per heavy atom. The number of amides is 3. The lowest BCUT2D eigenvalue weighted by Crippen LogP contribution is -2.42. The molecule has 0 saturated carbocycles. The molecule has 0 fully saturated rings. The predicted molar refractivity (Wildman–Crippen MR) is 122 cm³/mol. The molecule has 2 aromatic carbocycles. The van der Waals surface area contributed by atoms with E-state index in [1.165, 1.54) is 0 Å². The number of ether oxygens (including phenoxy) is 2. The zero-order valence-corrected chi connectivity index (χ0v) is 19.1. The first-order valence-electron chi connectivity index (χ1n) is 10.1. The number of urea groups is 1. The number of nitrogens with one attached hydrogen (secondary N) is 3. The topological polar surface area (TPSA) is 88.7 Å². The monoisotopic (exact) mass is 445 g/mol. The summed E-state index contributed by atoms with van der Waals surface area (Å²) in [5, 5.41) is 8.95. The second kappa shape index (κ2) is 8.67. The van der Waals surface area contributed by atoms with Crippen LogP contribution in [0.5, 0.6) is 5.75 Å². The van der Waals surface area contributed by atoms with E-state index in [0.29, 0.717) is 28.6 Å². The molecule has 7 nitrogen and oxygen atoms in total. The molecule has 0 spiro atoms. The van der Waals surface area contributed by atoms with E-state index < -0.39 is 17.3 Å². The van der Waals surface area contributed by atoms with Crippen molar-refractivity contribution in [2.24, 2.45) is 0 Å². The highest BCUT2D eigenvalue weighted by Gasteiger charge is 2.35. The second-order valence-corrected chi connectivity index (χ2v) is 9.48. The summed E-state index contributed by atoms with van der Waals surface area (Å²) in [5.41, 5.74) is 0.757. The third-order valence-corrected chi connectivity index (χ3v) is 4.87. The number of halogens is 1. The first kappa shape index (κ1) is 22.7. The van der Waals surface area contributed by atoms with E-state index in [9.17, 15) is 9.59 Å². The third kappa shape index (κ3) is 6.28. The molecule has 3 N–H and O–H groups in total. The third-order valence-electron chi connectivity index (χ3n) is 4.54. The van der Waals surface area contributed by atoms with Gasteiger partial charge in [0.05, 0.1) is 16.8 Å². The van der Waals surface area contributed by atoms with E-state index in [4.69, 9.17) is 21.1 Å². The number of carbonyl (C=O) groups excluding carboxylic acids is 2. The molecule has 0 unspecified atom stereocenters. The van der Waals surface area contributed by atoms with Crippen molar-refractivity contribution >= 4 is 35.1 Å². The molecule has 1 aliphatic heterocycles. The van der Waals surface area contributed by atoms with Crippen LogP contribution in [0.4, 0.5) is 21.0 Å². The minimum atomic E-state index is -0.605. The van der Waals surface area contributed by atoms with Crippen LogP contribution in [-0.4, -0.2) is 23.3 Å². The largest absolute Gasteiger partial charge is 0.487 e. The summed E-state index contributed by atoms with van der Waals surface area (Å²) >= 11 is 6.14. The van der Waals surface area contributed by atoms with Gasteiger partial charge in [-0.1, -0.05) is 23.7 Å². The molecule has 8 heteroatoms. The molecule has 3 amide bonds. The van der Waals surface area contributed by atoms with E-state index in [2.05, 4.69) is 16.0 Å². The number of fused-ring (bicyclic) bond motifs is 1. The van der Waals surface area contributed by atoms with Crippen LogP contribution in [-0.2, 0) is 4.74 Å². The Balaban J connectivity index is 1.79. The van der Waals surface area contributed by atoms with E-state index in [0.717, 1.165) is 5.56 Å². The summed E-state index contributed by atoms with van der Waals surface area (Å²) in [6.07, 6.45) is -0.00303. The Bertz CT molecular complexity index is 985. The molecule has 0 aliphatic carbocycles. The van der Waals surface area contributed by atoms with E-state index in [-0.39, 0.29) is 12.1 Å². The van der Waals surface area contributed by atoms with Crippen LogP contribution >= 0.6 is 11.6 Å². The lowest BCUT2D eigenvalue weighted by Gasteiger charge is -2.38. The van der Waals surface area contributed by atoms with Crippen LogP contribution in [0.15, 0.2) is 42.5 Å². The smallest absolute Gasteiger partial charge is 0.412 e. The van der Waals surface area contributed by atoms with E-state index in [1.54, 1.807) is 63.2 Å². The quantitative estimate of drug-likeness (QED) is 0.531. The van der Waals surface area contributed by atoms with Crippen molar-refractivity contribution in [3.05, 3.63) is 53.1 Å². The number of anilines is 2. The molecule has 0 saturated heterocycles. The van der Waals surface area contributed by atoms with Crippen LogP contribution in [0.2, 0.25) is 5.02 Å². The Kier molecular flexibility index (Phi) is 6.36. The fraction of sp³-hybridized carbons (Fsp3) is 0.391. The zero-order valence-electron chi connectivity index (χ0n) is 18.3. The van der Waals surface area contributed by atoms with Crippen LogP contribution in [0, 0.1) is 0 Å². The van der Waals surface area contributed by atoms with E-state index in [1.807, 2.05) is 13.8 Å². The SMILES string of the molecule is CC(C)(C)OC(=O)Nc1ccc2c(c1)[C@@H](NC(=O)Nc1ccccc1Cl)CC(C)(C)O2. The van der Waals surface area contributed by atoms with Crippen LogP contribution in [0.25, 0.3) is 0 Å². The van der Waals surface area contributed by atoms with Crippen molar-refractivity contribution in [2.75, 3.05) is 10.6 Å². The van der Waals surface area contributed by atoms with Gasteiger partial charge in [0.25, 0.3) is 0 Å². The zero-order chi connectivity index (χ0) is 22.8. The molecule has 166 valence electrons. The lowest BCUT2D eigenvalue weighted by atomic mass is 9.89. The lowest BCUT2D eigenvalue weighted by molar-refractivity contribution is 0.0631. The average Bonchev–Trinajstić information content (AvgIpc) is 2.62. The highest BCUT2D eigenvalue weighted by atomic mass is 35.5. The van der Waals surface area contributed by atoms with Crippen LogP contribution < -0.4 is 20.7 Å². The highest BCUT2D eigenvalue weighted by Crippen LogP contribution is 2.41. The second-order valence-electron chi connectivity index (χ2n) is 9.08. The number of rotatable bonds is 3. The highest BCUT2D eigenvalue weighted by molar-refractivity contribution is 6.33. The first-order valence-corrected chi connectivity index (χ1v) is 10.4. The summed E-state index contributed by atoms with van der Waals surface area (Å²) in [6.45, 7) is 9.32. The number of hydrogen-bond acceptors (Lipinski definition) is 4. The van der Waals surface area contributed by atoms with Crippen molar-refractivity contribution in [1.82, 2.24) is 5.32 Å². The van der Waals surface area contributed by atoms with Crippen molar-refractivity contribution in [3.8, 4) is 5.75 Å². The Hall–Kier alpha value is -2.93. The molecule has 31 heavy (non-hydrogen) atoms. The van der Waals surface area contributed by atoms with Crippen molar-refractivity contribution in [2.45, 2.75) is 58.3 Å². The molecule has 1 aliphatic rings. The number of carbonyl (C=O) groups is 2. The Labute approximate surface area is 187 Å². The molecule has 0 radical (unpaired) electrons. The summed E-state index contributed by atoms with van der Waals surface area (Å²) in [7, 11) is 0. The predicted octanol–water partition coefficient (Wildman–Crippen LogP) is 6.11. The Morgan fingerprint density at radius 1 is 1.13 bits per heavy atom. The summed E-state index contributed by atoms with van der Waals surface area (Å²) in [4.78, 5) is 24.8. The van der Waals surface area contributed by atoms with Gasteiger partial charge in [0.1, 0.15) is 17.0 Å². The van der Waals surface area contributed by atoms with Gasteiger partial charge in [0.15, 0.2) is 0 Å². The number of para-hydroxylation sites is 1. The fourth-order valence-corrected chi connectivity index (χ4v) is 3.54. The maximum atomic E-state index is 12.7. The molecule has 0 bridgehead atoms. The van der Waals surface area contributed by atoms with Gasteiger partial charge in [-0.3, -0.25) is 5.32 Å². The van der Waals surface area contributed by atoms with Gasteiger partial charge >= 0.3 is 12.1 Å². The maximum absolute atomic E-state index is 12.7. The van der Waals surface area contributed by atoms with Gasteiger partial charge in [0, 0.05) is 17.7 Å². The van der Waals surface area contributed by atoms with Crippen LogP contribution in [0.1, 0.15) is 52.6 Å². The van der Waals surface area contributed by atoms with Gasteiger partial charge in [-0.2, -0.15) is 0 Å². The molecular formula is C23H28ClN3O4. The van der Waals surface area contributed by atoms with Gasteiger partial charge in [-0.15, -0.1) is 0 Å². The van der Waals surface area contributed by atoms with Gasteiger partial charge in [-0.05, 0) is 65.0 Å². The molecule has 0 aromatic heterocycles. The normalized spacial score (nSPS) is 17.0. The van der Waals surface area contributed by atoms with Gasteiger partial charge < -0.3 is 20.1 Å². The first-order chi connectivity index (χ1) is 14.4. The fourth-order valence-electron chi connectivity index (χ4n) is 3.36. The maximum Gasteiger partial charge on any atom is 0.412 e. The standard InChI is InChI=1S/C23H28ClN3O4/c1-22(2,3)31-21(29)25-14-10-11-19-15(12-14)18(13-23(4,5)30-19)27-20(28)26-17-9-7-6-8-16(17)24/h6-12,18H,13H2,1-5H3,(H,25,29)(H2,26,27,28)/t18-/m0/s1. The Morgan fingerprint density at radius 2 is 1.84 bits per heavy atom. The van der Waals surface area contributed by atoms with Crippen molar-refractivity contribution < 1.29 is 19.1 Å².